The van der Waals surface area contributed by atoms with E-state index >= 15 is 0 Å². The maximum Gasteiger partial charge on any atom is 0.172 e. The Morgan fingerprint density at radius 2 is 1.88 bits per heavy atom. The Balaban J connectivity index is 0.00000121. The molecule has 2 nitrogen and oxygen atoms in total. The number of nitrogens with one attached hydrogen (secondary N) is 1. The molecule has 1 N–H and O–H groups in total. The van der Waals surface area contributed by atoms with E-state index in [1.54, 1.807) is 0 Å². The lowest BCUT2D eigenvalue weighted by Gasteiger charge is -2.21. The van der Waals surface area contributed by atoms with Crippen molar-refractivity contribution >= 4 is 33.5 Å². The van der Waals surface area contributed by atoms with E-state index in [2.05, 4.69) is 34.4 Å². The molecule has 0 aromatic rings. The third-order valence-electron chi connectivity index (χ3n) is 2.40. The number of hydrogen-bond acceptors (Lipinski definition) is 3. The Morgan fingerprint density at radius 3 is 2.35 bits per heavy atom. The first-order chi connectivity index (χ1) is 8.15. The highest BCUT2D eigenvalue weighted by Crippen LogP contribution is 2.28. The van der Waals surface area contributed by atoms with Gasteiger partial charge in [-0.25, -0.2) is 0 Å². The van der Waals surface area contributed by atoms with Crippen molar-refractivity contribution in [3.05, 3.63) is 23.0 Å². The van der Waals surface area contributed by atoms with Gasteiger partial charge in [0, 0.05) is 16.2 Å². The number of alkyl halides is 1. The van der Waals surface area contributed by atoms with Gasteiger partial charge in [-0.05, 0) is 30.8 Å². The average Bonchev–Trinajstić information content (AvgIpc) is 2.40. The number of halogens is 1. The smallest absolute Gasteiger partial charge is 0.172 e. The first-order valence-electron chi connectivity index (χ1n) is 6.00. The number of carbonyl (C=O) groups excluding carboxylic acids is 1. The van der Waals surface area contributed by atoms with Crippen LogP contribution in [0.2, 0.25) is 0 Å². The fraction of sp³-hybridized carbons (Fsp3) is 0.615. The van der Waals surface area contributed by atoms with E-state index in [-0.39, 0.29) is 11.7 Å². The molecule has 0 aromatic heterocycles. The van der Waals surface area contributed by atoms with Crippen LogP contribution >= 0.6 is 27.7 Å². The number of Topliss-reactive ketones (excluding diaryl/α,β-unsaturated/α-hetero) is 1. The predicted molar refractivity (Wildman–Crippen MR) is 81.6 cm³/mol. The van der Waals surface area contributed by atoms with Crippen molar-refractivity contribution in [2.24, 2.45) is 5.92 Å². The molecule has 0 amide bonds. The van der Waals surface area contributed by atoms with Gasteiger partial charge in [-0.1, -0.05) is 54.7 Å². The van der Waals surface area contributed by atoms with E-state index in [0.717, 1.165) is 30.8 Å². The summed E-state index contributed by atoms with van der Waals surface area (Å²) in [6.07, 6.45) is 1.86. The second-order valence-corrected chi connectivity index (χ2v) is 5.42. The summed E-state index contributed by atoms with van der Waals surface area (Å²) < 4.78 is 0. The second-order valence-electron chi connectivity index (χ2n) is 3.59. The number of piperidine rings is 1. The van der Waals surface area contributed by atoms with Crippen molar-refractivity contribution in [3.8, 4) is 0 Å². The summed E-state index contributed by atoms with van der Waals surface area (Å²) in [5, 5.41) is 3.95. The second kappa shape index (κ2) is 9.92. The molecule has 98 valence electrons. The molecule has 0 aromatic carbocycles. The van der Waals surface area contributed by atoms with Crippen LogP contribution in [-0.2, 0) is 4.79 Å². The van der Waals surface area contributed by atoms with Crippen molar-refractivity contribution < 1.29 is 4.79 Å². The van der Waals surface area contributed by atoms with Crippen molar-refractivity contribution in [2.45, 2.75) is 26.7 Å². The molecular formula is C13H22BrNOS. The Hall–Kier alpha value is -0.0600. The van der Waals surface area contributed by atoms with Crippen LogP contribution in [0.1, 0.15) is 26.7 Å². The van der Waals surface area contributed by atoms with Gasteiger partial charge in [0.1, 0.15) is 0 Å². The van der Waals surface area contributed by atoms with Gasteiger partial charge in [0.15, 0.2) is 5.78 Å². The third-order valence-corrected chi connectivity index (χ3v) is 4.33. The first kappa shape index (κ1) is 16.9. The van der Waals surface area contributed by atoms with Crippen LogP contribution < -0.4 is 5.32 Å². The molecule has 1 heterocycles. The van der Waals surface area contributed by atoms with Crippen LogP contribution in [0.4, 0.5) is 0 Å². The van der Waals surface area contributed by atoms with Crippen LogP contribution in [-0.4, -0.2) is 24.2 Å². The summed E-state index contributed by atoms with van der Waals surface area (Å²) in [5.74, 6) is 0.359. The molecule has 1 saturated heterocycles. The molecule has 0 atom stereocenters. The third kappa shape index (κ3) is 6.43. The van der Waals surface area contributed by atoms with E-state index in [1.165, 1.54) is 11.8 Å². The fourth-order valence-corrected chi connectivity index (χ4v) is 2.58. The molecule has 1 fully saturated rings. The molecule has 1 rings (SSSR count). The molecule has 0 spiro atoms. The zero-order valence-corrected chi connectivity index (χ0v) is 13.1. The number of thioether (sulfide) groups is 1. The van der Waals surface area contributed by atoms with E-state index < -0.39 is 0 Å². The van der Waals surface area contributed by atoms with E-state index in [9.17, 15) is 4.79 Å². The minimum atomic E-state index is 0.161. The summed E-state index contributed by atoms with van der Waals surface area (Å²) in [6.45, 7) is 13.5. The monoisotopic (exact) mass is 319 g/mol. The zero-order chi connectivity index (χ0) is 13.3. The van der Waals surface area contributed by atoms with Crippen LogP contribution in [0.3, 0.4) is 0 Å². The maximum absolute atomic E-state index is 11.9. The quantitative estimate of drug-likeness (QED) is 0.618. The van der Waals surface area contributed by atoms with Crippen molar-refractivity contribution in [3.63, 3.8) is 0 Å². The highest BCUT2D eigenvalue weighted by Gasteiger charge is 2.23. The SMILES string of the molecule is C=C(CBr)SC(=C)C(=O)C1CCNCC1.CC. The van der Waals surface area contributed by atoms with Gasteiger partial charge < -0.3 is 5.32 Å². The van der Waals surface area contributed by atoms with Gasteiger partial charge in [0.25, 0.3) is 0 Å². The van der Waals surface area contributed by atoms with Gasteiger partial charge in [-0.2, -0.15) is 0 Å². The largest absolute Gasteiger partial charge is 0.317 e. The summed E-state index contributed by atoms with van der Waals surface area (Å²) in [5.41, 5.74) is 0. The average molecular weight is 320 g/mol. The molecule has 0 saturated carbocycles. The zero-order valence-electron chi connectivity index (χ0n) is 10.7. The number of ketones is 1. The number of allylic oxidation sites excluding steroid dienone is 2. The van der Waals surface area contributed by atoms with E-state index in [0.29, 0.717) is 10.2 Å². The first-order valence-corrected chi connectivity index (χ1v) is 7.94. The normalized spacial score (nSPS) is 15.7. The van der Waals surface area contributed by atoms with Crippen LogP contribution in [0.5, 0.6) is 0 Å². The van der Waals surface area contributed by atoms with Crippen LogP contribution in [0.25, 0.3) is 0 Å². The molecule has 0 unspecified atom stereocenters. The minimum Gasteiger partial charge on any atom is -0.317 e. The molecule has 4 heteroatoms. The highest BCUT2D eigenvalue weighted by atomic mass is 79.9. The van der Waals surface area contributed by atoms with Crippen LogP contribution in [0.15, 0.2) is 23.0 Å². The van der Waals surface area contributed by atoms with E-state index in [1.807, 2.05) is 13.8 Å². The Morgan fingerprint density at radius 1 is 1.35 bits per heavy atom. The molecule has 0 radical (unpaired) electrons. The van der Waals surface area contributed by atoms with Gasteiger partial charge in [0.2, 0.25) is 0 Å². The molecular weight excluding hydrogens is 298 g/mol. The summed E-state index contributed by atoms with van der Waals surface area (Å²) >= 11 is 4.70. The minimum absolute atomic E-state index is 0.161. The lowest BCUT2D eigenvalue weighted by Crippen LogP contribution is -2.32. The number of hydrogen-bond donors (Lipinski definition) is 1. The Labute approximate surface area is 117 Å². The Kier molecular flexibility index (Phi) is 9.88. The number of rotatable bonds is 5. The molecule has 0 aliphatic carbocycles. The fourth-order valence-electron chi connectivity index (χ4n) is 1.56. The highest BCUT2D eigenvalue weighted by molar-refractivity contribution is 9.09. The van der Waals surface area contributed by atoms with Crippen molar-refractivity contribution in [1.29, 1.82) is 0 Å². The molecule has 17 heavy (non-hydrogen) atoms. The van der Waals surface area contributed by atoms with Gasteiger partial charge in [-0.3, -0.25) is 4.79 Å². The van der Waals surface area contributed by atoms with Crippen molar-refractivity contribution in [1.82, 2.24) is 5.32 Å². The standard InChI is InChI=1S/C11H16BrNOS.C2H6/c1-8(7-12)15-9(2)11(14)10-3-5-13-6-4-10;1-2/h10,13H,1-7H2;1-2H3. The topological polar surface area (TPSA) is 29.1 Å². The number of carbonyl (C=O) groups is 1. The summed E-state index contributed by atoms with van der Waals surface area (Å²) in [7, 11) is 0. The van der Waals surface area contributed by atoms with Crippen LogP contribution in [0, 0.1) is 5.92 Å². The lowest BCUT2D eigenvalue weighted by atomic mass is 9.93. The van der Waals surface area contributed by atoms with E-state index in [4.69, 9.17) is 0 Å². The van der Waals surface area contributed by atoms with Gasteiger partial charge in [0.05, 0.1) is 0 Å². The summed E-state index contributed by atoms with van der Waals surface area (Å²) in [4.78, 5) is 13.5. The predicted octanol–water partition coefficient (Wildman–Crippen LogP) is 3.74. The van der Waals surface area contributed by atoms with Gasteiger partial charge >= 0.3 is 0 Å². The van der Waals surface area contributed by atoms with Gasteiger partial charge in [-0.15, -0.1) is 0 Å². The molecule has 0 bridgehead atoms. The lowest BCUT2D eigenvalue weighted by molar-refractivity contribution is -0.119. The van der Waals surface area contributed by atoms with Crippen molar-refractivity contribution in [2.75, 3.05) is 18.4 Å². The summed E-state index contributed by atoms with van der Waals surface area (Å²) in [6, 6.07) is 0. The molecule has 1 aliphatic heterocycles. The molecule has 1 aliphatic rings. The maximum atomic E-state index is 11.9. The Bertz CT molecular complexity index is 273.